The monoisotopic (exact) mass is 1030 g/mol. The molecule has 1 fully saturated rings. The Labute approximate surface area is 417 Å². The summed E-state index contributed by atoms with van der Waals surface area (Å²) < 4.78 is 49.3. The van der Waals surface area contributed by atoms with Crippen LogP contribution < -0.4 is 0 Å². The predicted molar refractivity (Wildman–Crippen MR) is 270 cm³/mol. The van der Waals surface area contributed by atoms with E-state index in [2.05, 4.69) is 60.9 Å². The first-order chi connectivity index (χ1) is 33.5. The molecule has 0 aromatic rings. The second kappa shape index (κ2) is 40.8. The quantitative estimate of drug-likeness (QED) is 0.00929. The molecule has 0 radical (unpaired) electrons. The van der Waals surface area contributed by atoms with E-state index in [0.717, 1.165) is 51.4 Å². The minimum atomic E-state index is -5.39. The van der Waals surface area contributed by atoms with Gasteiger partial charge in [-0.3, -0.25) is 23.2 Å². The molecule has 0 aromatic carbocycles. The Morgan fingerprint density at radius 2 is 0.986 bits per heavy atom. The number of unbranched alkanes of at least 4 members (excludes halogenated alkanes) is 16. The molecule has 1 saturated carbocycles. The van der Waals surface area contributed by atoms with Crippen LogP contribution in [-0.2, 0) is 41.8 Å². The van der Waals surface area contributed by atoms with E-state index in [1.165, 1.54) is 83.1 Å². The van der Waals surface area contributed by atoms with Crippen molar-refractivity contribution in [3.05, 3.63) is 72.9 Å². The van der Waals surface area contributed by atoms with E-state index in [-0.39, 0.29) is 19.3 Å². The van der Waals surface area contributed by atoms with Crippen molar-refractivity contribution < 1.29 is 82.0 Å². The van der Waals surface area contributed by atoms with Crippen LogP contribution in [0.4, 0.5) is 0 Å². The Morgan fingerprint density at radius 3 is 1.47 bits per heavy atom. The second-order valence-electron chi connectivity index (χ2n) is 17.7. The minimum absolute atomic E-state index is 0.0577. The smallest absolute Gasteiger partial charge is 0.462 e. The van der Waals surface area contributed by atoms with Gasteiger partial charge in [-0.05, 0) is 44.9 Å². The van der Waals surface area contributed by atoms with Crippen molar-refractivity contribution in [2.75, 3.05) is 13.2 Å². The van der Waals surface area contributed by atoms with Crippen LogP contribution >= 0.6 is 15.6 Å². The van der Waals surface area contributed by atoms with Crippen LogP contribution in [-0.4, -0.2) is 114 Å². The second-order valence-corrected chi connectivity index (χ2v) is 20.3. The zero-order valence-corrected chi connectivity index (χ0v) is 43.6. The molecule has 0 heterocycles. The van der Waals surface area contributed by atoms with Crippen molar-refractivity contribution in [1.82, 2.24) is 0 Å². The molecule has 9 atom stereocenters. The highest BCUT2D eigenvalue weighted by atomic mass is 31.2. The maximum Gasteiger partial charge on any atom is 0.472 e. The van der Waals surface area contributed by atoms with Gasteiger partial charge in [0, 0.05) is 12.8 Å². The molecule has 404 valence electrons. The maximum atomic E-state index is 13.0. The van der Waals surface area contributed by atoms with Crippen molar-refractivity contribution in [2.24, 2.45) is 0 Å². The van der Waals surface area contributed by atoms with Gasteiger partial charge in [-0.2, -0.15) is 0 Å². The summed E-state index contributed by atoms with van der Waals surface area (Å²) in [5, 5.41) is 51.7. The summed E-state index contributed by atoms with van der Waals surface area (Å²) in [5.41, 5.74) is 0. The van der Waals surface area contributed by atoms with Crippen molar-refractivity contribution >= 4 is 27.6 Å². The minimum Gasteiger partial charge on any atom is -0.462 e. The number of esters is 2. The normalized spacial score (nSPS) is 22.0. The Hall–Kier alpha value is -2.60. The van der Waals surface area contributed by atoms with Crippen LogP contribution in [0.2, 0.25) is 0 Å². The molecular formula is C51H88O17P2. The number of hydrogen-bond donors (Lipinski definition) is 8. The number of rotatable bonds is 42. The molecular weight excluding hydrogens is 946 g/mol. The van der Waals surface area contributed by atoms with Gasteiger partial charge in [-0.15, -0.1) is 0 Å². The average molecular weight is 1040 g/mol. The summed E-state index contributed by atoms with van der Waals surface area (Å²) in [6, 6.07) is 0. The molecule has 0 bridgehead atoms. The van der Waals surface area contributed by atoms with E-state index >= 15 is 0 Å². The predicted octanol–water partition coefficient (Wildman–Crippen LogP) is 9.37. The van der Waals surface area contributed by atoms with E-state index in [4.69, 9.17) is 18.5 Å². The van der Waals surface area contributed by atoms with Crippen LogP contribution in [0.15, 0.2) is 72.9 Å². The molecule has 1 aliphatic carbocycles. The molecule has 0 aromatic heterocycles. The van der Waals surface area contributed by atoms with E-state index in [1.807, 2.05) is 12.2 Å². The average Bonchev–Trinajstić information content (AvgIpc) is 3.31. The molecule has 70 heavy (non-hydrogen) atoms. The van der Waals surface area contributed by atoms with E-state index in [1.54, 1.807) is 12.2 Å². The van der Waals surface area contributed by atoms with Crippen LogP contribution in [0.25, 0.3) is 0 Å². The zero-order chi connectivity index (χ0) is 51.9. The number of aliphatic hydroxyl groups is 5. The lowest BCUT2D eigenvalue weighted by Crippen LogP contribution is -2.64. The van der Waals surface area contributed by atoms with Gasteiger partial charge in [0.2, 0.25) is 0 Å². The Kier molecular flexibility index (Phi) is 38.2. The van der Waals surface area contributed by atoms with Crippen LogP contribution in [0.5, 0.6) is 0 Å². The van der Waals surface area contributed by atoms with Crippen molar-refractivity contribution in [3.8, 4) is 0 Å². The lowest BCUT2D eigenvalue weighted by atomic mass is 9.85. The van der Waals surface area contributed by atoms with Crippen molar-refractivity contribution in [1.29, 1.82) is 0 Å². The summed E-state index contributed by atoms with van der Waals surface area (Å²) >= 11 is 0. The number of phosphoric acid groups is 2. The third kappa shape index (κ3) is 34.7. The highest BCUT2D eigenvalue weighted by molar-refractivity contribution is 7.47. The fraction of sp³-hybridized carbons (Fsp3) is 0.725. The Bertz CT molecular complexity index is 1640. The Balaban J connectivity index is 2.65. The zero-order valence-electron chi connectivity index (χ0n) is 41.8. The van der Waals surface area contributed by atoms with Gasteiger partial charge in [0.25, 0.3) is 0 Å². The number of ether oxygens (including phenoxy) is 2. The fourth-order valence-corrected chi connectivity index (χ4v) is 8.97. The largest absolute Gasteiger partial charge is 0.472 e. The third-order valence-electron chi connectivity index (χ3n) is 11.4. The highest BCUT2D eigenvalue weighted by Crippen LogP contribution is 2.49. The molecule has 19 heteroatoms. The molecule has 0 saturated heterocycles. The van der Waals surface area contributed by atoms with Crippen LogP contribution in [0.1, 0.15) is 174 Å². The van der Waals surface area contributed by atoms with Gasteiger partial charge >= 0.3 is 27.6 Å². The number of carbonyl (C=O) groups is 2. The first-order valence-electron chi connectivity index (χ1n) is 25.6. The van der Waals surface area contributed by atoms with Crippen molar-refractivity contribution in [3.63, 3.8) is 0 Å². The van der Waals surface area contributed by atoms with E-state index in [0.29, 0.717) is 12.8 Å². The number of hydrogen-bond acceptors (Lipinski definition) is 14. The molecule has 0 aliphatic heterocycles. The van der Waals surface area contributed by atoms with Gasteiger partial charge < -0.3 is 49.7 Å². The molecule has 0 amide bonds. The topological polar surface area (TPSA) is 276 Å². The van der Waals surface area contributed by atoms with E-state index in [9.17, 15) is 58.9 Å². The lowest BCUT2D eigenvalue weighted by Gasteiger charge is -2.43. The molecule has 1 aliphatic rings. The first kappa shape index (κ1) is 65.4. The molecule has 0 spiro atoms. The molecule has 8 N–H and O–H groups in total. The number of phosphoric ester groups is 2. The van der Waals surface area contributed by atoms with Crippen molar-refractivity contribution in [2.45, 2.75) is 223 Å². The van der Waals surface area contributed by atoms with Gasteiger partial charge in [0.05, 0.1) is 12.7 Å². The summed E-state index contributed by atoms with van der Waals surface area (Å²) in [6.45, 7) is 2.81. The fourth-order valence-electron chi connectivity index (χ4n) is 7.43. The third-order valence-corrected chi connectivity index (χ3v) is 12.9. The Morgan fingerprint density at radius 1 is 0.529 bits per heavy atom. The van der Waals surface area contributed by atoms with Gasteiger partial charge in [0.1, 0.15) is 43.2 Å². The highest BCUT2D eigenvalue weighted by Gasteiger charge is 2.54. The molecule has 1 rings (SSSR count). The molecule has 6 unspecified atom stereocenters. The summed E-state index contributed by atoms with van der Waals surface area (Å²) in [4.78, 5) is 54.4. The first-order valence-corrected chi connectivity index (χ1v) is 28.6. The summed E-state index contributed by atoms with van der Waals surface area (Å²) in [6.07, 6.45) is 31.6. The number of carbonyl (C=O) groups excluding carboxylic acids is 2. The van der Waals surface area contributed by atoms with Gasteiger partial charge in [0.15, 0.2) is 6.10 Å². The maximum absolute atomic E-state index is 13.0. The standard InChI is InChI=1S/C51H88O17P2/c1-3-5-7-9-11-13-15-17-19-21-23-25-27-29-31-33-35-37-44(53)64-40-43(41-65-70(62,63)68-51-48(57)46(55)47(56)50(49(51)58)67-69(59,60)61)66-45(54)39-38-42(52)36-34-32-30-28-26-24-22-20-18-16-14-12-10-8-6-4-2/h6,8,12,14,18,20,24,26,30,32,34,36,42-43,46-52,55-58H,3-5,7,9-11,13,15-17,19,21-23,25,27-29,31,33,35,37-41H2,1-2H3,(H,62,63)(H2,59,60,61)/b8-6-,14-12-,20-18-,26-24-,32-30-,36-34-/t42?,43-,46?,47?,48?,49?,50-,51+/m1/s1. The SMILES string of the molecule is CC/C=C\C/C=C\C/C=C\C/C=C\C/C=C\C=C/C(O)CCC(=O)O[C@H](COC(=O)CCCCCCCCCCCCCCCCCCC)COP(=O)(O)O[C@H]1C(O)C(O)C(O)[C@@H](OP(=O)(O)O)C1O. The van der Waals surface area contributed by atoms with E-state index < -0.39 is 89.6 Å². The lowest BCUT2D eigenvalue weighted by molar-refractivity contribution is -0.216. The summed E-state index contributed by atoms with van der Waals surface area (Å²) in [7, 11) is -10.8. The summed E-state index contributed by atoms with van der Waals surface area (Å²) in [5.74, 6) is -1.49. The number of allylic oxidation sites excluding steroid dienone is 11. The van der Waals surface area contributed by atoms with Gasteiger partial charge in [-0.25, -0.2) is 9.13 Å². The van der Waals surface area contributed by atoms with Gasteiger partial charge in [-0.1, -0.05) is 189 Å². The van der Waals surface area contributed by atoms with Crippen LogP contribution in [0.3, 0.4) is 0 Å². The molecule has 17 nitrogen and oxygen atoms in total. The van der Waals surface area contributed by atoms with Crippen LogP contribution in [0, 0.1) is 0 Å². The number of aliphatic hydroxyl groups excluding tert-OH is 5.